The van der Waals surface area contributed by atoms with Gasteiger partial charge >= 0.3 is 0 Å². The molecule has 0 heterocycles. The van der Waals surface area contributed by atoms with Crippen molar-refractivity contribution in [2.24, 2.45) is 0 Å². The topological polar surface area (TPSA) is 17.1 Å². The second-order valence-corrected chi connectivity index (χ2v) is 4.53. The molecule has 0 saturated heterocycles. The second kappa shape index (κ2) is 4.96. The van der Waals surface area contributed by atoms with Gasteiger partial charge in [0, 0.05) is 5.56 Å². The van der Waals surface area contributed by atoms with Gasteiger partial charge in [-0.1, -0.05) is 53.6 Å². The van der Waals surface area contributed by atoms with E-state index in [9.17, 15) is 4.79 Å². The number of benzene rings is 2. The summed E-state index contributed by atoms with van der Waals surface area (Å²) in [7, 11) is 0. The van der Waals surface area contributed by atoms with Crippen LogP contribution in [-0.2, 0) is 6.42 Å². The molecule has 0 unspecified atom stereocenters. The summed E-state index contributed by atoms with van der Waals surface area (Å²) in [4.78, 5) is 10.6. The van der Waals surface area contributed by atoms with E-state index < -0.39 is 0 Å². The minimum absolute atomic E-state index is 0.731. The van der Waals surface area contributed by atoms with Gasteiger partial charge in [-0.2, -0.15) is 0 Å². The first-order chi connectivity index (χ1) is 8.17. The smallest absolute Gasteiger partial charge is 0.150 e. The lowest BCUT2D eigenvalue weighted by molar-refractivity contribution is 0.112. The van der Waals surface area contributed by atoms with Gasteiger partial charge in [-0.05, 0) is 31.4 Å². The zero-order chi connectivity index (χ0) is 12.3. The Morgan fingerprint density at radius 2 is 1.47 bits per heavy atom. The second-order valence-electron chi connectivity index (χ2n) is 4.53. The molecule has 0 aromatic heterocycles. The fraction of sp³-hybridized carbons (Fsp3) is 0.188. The third-order valence-electron chi connectivity index (χ3n) is 2.81. The fourth-order valence-electron chi connectivity index (χ4n) is 2.12. The van der Waals surface area contributed by atoms with Crippen LogP contribution in [0.3, 0.4) is 0 Å². The standard InChI is InChI=1S/C16H16O/c1-12-7-13(2)9-16(8-12)10-14-3-5-15(11-17)6-4-14/h3-9,11H,10H2,1-2H3. The largest absolute Gasteiger partial charge is 0.298 e. The molecule has 17 heavy (non-hydrogen) atoms. The van der Waals surface area contributed by atoms with Crippen LogP contribution in [0.4, 0.5) is 0 Å². The molecule has 86 valence electrons. The molecule has 1 nitrogen and oxygen atoms in total. The number of hydrogen-bond donors (Lipinski definition) is 0. The third kappa shape index (κ3) is 3.04. The Hall–Kier alpha value is -1.89. The van der Waals surface area contributed by atoms with E-state index in [4.69, 9.17) is 0 Å². The van der Waals surface area contributed by atoms with Gasteiger partial charge in [-0.25, -0.2) is 0 Å². The van der Waals surface area contributed by atoms with Crippen molar-refractivity contribution in [3.63, 3.8) is 0 Å². The first-order valence-corrected chi connectivity index (χ1v) is 5.78. The summed E-state index contributed by atoms with van der Waals surface area (Å²) in [5.74, 6) is 0. The van der Waals surface area contributed by atoms with Gasteiger partial charge in [0.25, 0.3) is 0 Å². The summed E-state index contributed by atoms with van der Waals surface area (Å²) in [5, 5.41) is 0. The molecule has 0 N–H and O–H groups in total. The van der Waals surface area contributed by atoms with Crippen LogP contribution in [0.2, 0.25) is 0 Å². The zero-order valence-electron chi connectivity index (χ0n) is 10.2. The summed E-state index contributed by atoms with van der Waals surface area (Å²) in [6.07, 6.45) is 1.79. The maximum absolute atomic E-state index is 10.6. The zero-order valence-corrected chi connectivity index (χ0v) is 10.2. The molecular weight excluding hydrogens is 208 g/mol. The van der Waals surface area contributed by atoms with Crippen LogP contribution in [0.15, 0.2) is 42.5 Å². The van der Waals surface area contributed by atoms with E-state index in [1.807, 2.05) is 24.3 Å². The van der Waals surface area contributed by atoms with Crippen LogP contribution in [0.1, 0.15) is 32.6 Å². The summed E-state index contributed by atoms with van der Waals surface area (Å²) in [5.41, 5.74) is 5.88. The van der Waals surface area contributed by atoms with Crippen molar-refractivity contribution in [3.8, 4) is 0 Å². The lowest BCUT2D eigenvalue weighted by Gasteiger charge is -2.05. The predicted molar refractivity (Wildman–Crippen MR) is 70.6 cm³/mol. The number of rotatable bonds is 3. The molecule has 0 bridgehead atoms. The molecule has 0 fully saturated rings. The van der Waals surface area contributed by atoms with Crippen LogP contribution in [0, 0.1) is 13.8 Å². The number of hydrogen-bond acceptors (Lipinski definition) is 1. The van der Waals surface area contributed by atoms with Crippen molar-refractivity contribution in [1.82, 2.24) is 0 Å². The van der Waals surface area contributed by atoms with E-state index >= 15 is 0 Å². The molecule has 0 radical (unpaired) electrons. The fourth-order valence-corrected chi connectivity index (χ4v) is 2.12. The van der Waals surface area contributed by atoms with Crippen molar-refractivity contribution < 1.29 is 4.79 Å². The van der Waals surface area contributed by atoms with Gasteiger partial charge in [0.05, 0.1) is 0 Å². The lowest BCUT2D eigenvalue weighted by atomic mass is 10.0. The molecular formula is C16H16O. The normalized spacial score (nSPS) is 10.2. The number of carbonyl (C=O) groups is 1. The van der Waals surface area contributed by atoms with Crippen LogP contribution >= 0.6 is 0 Å². The van der Waals surface area contributed by atoms with E-state index in [0.717, 1.165) is 18.3 Å². The van der Waals surface area contributed by atoms with Crippen LogP contribution in [0.25, 0.3) is 0 Å². The van der Waals surface area contributed by atoms with Crippen LogP contribution in [0.5, 0.6) is 0 Å². The minimum Gasteiger partial charge on any atom is -0.298 e. The van der Waals surface area contributed by atoms with Gasteiger partial charge < -0.3 is 0 Å². The van der Waals surface area contributed by atoms with Crippen LogP contribution < -0.4 is 0 Å². The van der Waals surface area contributed by atoms with Crippen LogP contribution in [-0.4, -0.2) is 6.29 Å². The Morgan fingerprint density at radius 3 is 2.00 bits per heavy atom. The Balaban J connectivity index is 2.21. The van der Waals surface area contributed by atoms with E-state index in [1.165, 1.54) is 22.3 Å². The first-order valence-electron chi connectivity index (χ1n) is 5.78. The average molecular weight is 224 g/mol. The first kappa shape index (κ1) is 11.6. The molecule has 2 aromatic rings. The summed E-state index contributed by atoms with van der Waals surface area (Å²) >= 11 is 0. The Bertz CT molecular complexity index is 503. The van der Waals surface area contributed by atoms with Gasteiger partial charge in [-0.3, -0.25) is 4.79 Å². The number of aryl methyl sites for hydroxylation is 2. The SMILES string of the molecule is Cc1cc(C)cc(Cc2ccc(C=O)cc2)c1. The molecule has 0 aliphatic carbocycles. The highest BCUT2D eigenvalue weighted by atomic mass is 16.1. The molecule has 2 rings (SSSR count). The summed E-state index contributed by atoms with van der Waals surface area (Å²) < 4.78 is 0. The number of carbonyl (C=O) groups excluding carboxylic acids is 1. The Morgan fingerprint density at radius 1 is 0.882 bits per heavy atom. The third-order valence-corrected chi connectivity index (χ3v) is 2.81. The quantitative estimate of drug-likeness (QED) is 0.726. The molecule has 0 atom stereocenters. The maximum Gasteiger partial charge on any atom is 0.150 e. The lowest BCUT2D eigenvalue weighted by Crippen LogP contribution is -1.91. The van der Waals surface area contributed by atoms with Crippen molar-refractivity contribution >= 4 is 6.29 Å². The molecule has 0 aliphatic heterocycles. The Kier molecular flexibility index (Phi) is 3.38. The maximum atomic E-state index is 10.6. The molecule has 0 aliphatic rings. The highest BCUT2D eigenvalue weighted by molar-refractivity contribution is 5.74. The summed E-state index contributed by atoms with van der Waals surface area (Å²) in [6, 6.07) is 14.4. The predicted octanol–water partition coefficient (Wildman–Crippen LogP) is 3.71. The van der Waals surface area contributed by atoms with E-state index in [0.29, 0.717) is 0 Å². The van der Waals surface area contributed by atoms with Crippen molar-refractivity contribution in [3.05, 3.63) is 70.3 Å². The Labute approximate surface area is 102 Å². The summed E-state index contributed by atoms with van der Waals surface area (Å²) in [6.45, 7) is 4.23. The highest BCUT2D eigenvalue weighted by Crippen LogP contribution is 2.14. The van der Waals surface area contributed by atoms with Gasteiger partial charge in [-0.15, -0.1) is 0 Å². The van der Waals surface area contributed by atoms with E-state index in [2.05, 4.69) is 32.0 Å². The average Bonchev–Trinajstić information content (AvgIpc) is 2.28. The molecule has 1 heteroatoms. The highest BCUT2D eigenvalue weighted by Gasteiger charge is 1.99. The molecule has 0 saturated carbocycles. The van der Waals surface area contributed by atoms with Crippen molar-refractivity contribution in [2.75, 3.05) is 0 Å². The van der Waals surface area contributed by atoms with Crippen molar-refractivity contribution in [1.29, 1.82) is 0 Å². The van der Waals surface area contributed by atoms with Crippen molar-refractivity contribution in [2.45, 2.75) is 20.3 Å². The molecule has 0 spiro atoms. The van der Waals surface area contributed by atoms with E-state index in [1.54, 1.807) is 0 Å². The van der Waals surface area contributed by atoms with Gasteiger partial charge in [0.2, 0.25) is 0 Å². The monoisotopic (exact) mass is 224 g/mol. The minimum atomic E-state index is 0.731. The molecule has 0 amide bonds. The van der Waals surface area contributed by atoms with Gasteiger partial charge in [0.15, 0.2) is 0 Å². The van der Waals surface area contributed by atoms with Gasteiger partial charge in [0.1, 0.15) is 6.29 Å². The molecule has 2 aromatic carbocycles. The number of aldehydes is 1. The van der Waals surface area contributed by atoms with E-state index in [-0.39, 0.29) is 0 Å².